The van der Waals surface area contributed by atoms with Crippen molar-refractivity contribution in [2.75, 3.05) is 59.4 Å². The lowest BCUT2D eigenvalue weighted by Crippen LogP contribution is -2.51. The largest absolute Gasteiger partial charge is 0.465 e. The molecular weight excluding hydrogens is 752 g/mol. The maximum Gasteiger partial charge on any atom is 0.407 e. The van der Waals surface area contributed by atoms with Crippen molar-refractivity contribution in [2.24, 2.45) is 21.7 Å². The topological polar surface area (TPSA) is 234 Å². The summed E-state index contributed by atoms with van der Waals surface area (Å²) in [6.45, 7) is 19.8. The molecule has 2 N–H and O–H groups in total. The summed E-state index contributed by atoms with van der Waals surface area (Å²) in [7, 11) is 0. The molecule has 0 saturated heterocycles. The van der Waals surface area contributed by atoms with Crippen LogP contribution < -0.4 is 10.6 Å². The van der Waals surface area contributed by atoms with Gasteiger partial charge in [-0.15, -0.1) is 0 Å². The van der Waals surface area contributed by atoms with Crippen LogP contribution in [-0.2, 0) is 66.7 Å². The SMILES string of the molecule is C=CC(=O)OCC(COC(C)=O)(COC(=O)C=C)COC(=O)NCC1(C)CC(NC(=O)OCC(COC(=O)C=C)(COC(=O)C=C)COC(=O)C=C)CC(C)(C)C1. The fourth-order valence-corrected chi connectivity index (χ4v) is 6.02. The third-order valence-electron chi connectivity index (χ3n) is 8.46. The van der Waals surface area contributed by atoms with Crippen LogP contribution >= 0.6 is 0 Å². The van der Waals surface area contributed by atoms with E-state index in [1.807, 2.05) is 20.8 Å². The number of ether oxygens (including phenoxy) is 8. The van der Waals surface area contributed by atoms with Crippen molar-refractivity contribution in [3.63, 3.8) is 0 Å². The molecule has 1 rings (SSSR count). The predicted molar refractivity (Wildman–Crippen MR) is 201 cm³/mol. The van der Waals surface area contributed by atoms with Gasteiger partial charge in [0.15, 0.2) is 0 Å². The average Bonchev–Trinajstić information content (AvgIpc) is 3.17. The quantitative estimate of drug-likeness (QED) is 0.0810. The Balaban J connectivity index is 3.11. The minimum Gasteiger partial charge on any atom is -0.465 e. The number of hydrogen-bond donors (Lipinski definition) is 2. The zero-order valence-corrected chi connectivity index (χ0v) is 33.0. The van der Waals surface area contributed by atoms with Crippen molar-refractivity contribution >= 4 is 48.0 Å². The molecule has 57 heavy (non-hydrogen) atoms. The highest BCUT2D eigenvalue weighted by atomic mass is 16.6. The molecule has 1 fully saturated rings. The number of carbonyl (C=O) groups is 8. The molecule has 2 atom stereocenters. The minimum absolute atomic E-state index is 0.0808. The Hall–Kier alpha value is -5.94. The maximum atomic E-state index is 13.2. The van der Waals surface area contributed by atoms with Crippen molar-refractivity contribution in [1.82, 2.24) is 10.6 Å². The molecule has 18 heteroatoms. The maximum absolute atomic E-state index is 13.2. The molecule has 0 aromatic heterocycles. The third-order valence-corrected chi connectivity index (χ3v) is 8.46. The Morgan fingerprint density at radius 1 is 0.544 bits per heavy atom. The molecule has 18 nitrogen and oxygen atoms in total. The number of carbonyl (C=O) groups excluding carboxylic acids is 8. The van der Waals surface area contributed by atoms with Gasteiger partial charge in [0.1, 0.15) is 63.7 Å². The summed E-state index contributed by atoms with van der Waals surface area (Å²) < 4.78 is 41.9. The van der Waals surface area contributed by atoms with Gasteiger partial charge in [-0.05, 0) is 30.1 Å². The van der Waals surface area contributed by atoms with E-state index in [2.05, 4.69) is 43.5 Å². The molecule has 0 aliphatic heterocycles. The summed E-state index contributed by atoms with van der Waals surface area (Å²) in [4.78, 5) is 97.4. The molecule has 1 aliphatic rings. The van der Waals surface area contributed by atoms with Gasteiger partial charge in [0.25, 0.3) is 0 Å². The van der Waals surface area contributed by atoms with Gasteiger partial charge in [0.05, 0.1) is 0 Å². The second-order valence-electron chi connectivity index (χ2n) is 14.7. The van der Waals surface area contributed by atoms with Crippen LogP contribution in [0.1, 0.15) is 47.0 Å². The summed E-state index contributed by atoms with van der Waals surface area (Å²) in [5, 5.41) is 5.54. The summed E-state index contributed by atoms with van der Waals surface area (Å²) in [6.07, 6.45) is 4.22. The standard InChI is InChI=1S/C39H54N2O16/c1-10-29(43)51-20-38(19-50-27(6)42,21-52-30(44)11-2)25-56-34(48)40-18-37(9)16-28(15-36(7,8)17-37)41-35(49)57-26-39(22-53-31(45)12-3,23-54-32(46)13-4)24-55-33(47)14-5/h10-14,28H,1-5,15-26H2,6-9H3,(H,40,48)(H,41,49). The number of alkyl carbamates (subject to hydrolysis) is 2. The predicted octanol–water partition coefficient (Wildman–Crippen LogP) is 3.21. The van der Waals surface area contributed by atoms with Crippen LogP contribution in [0, 0.1) is 21.7 Å². The lowest BCUT2D eigenvalue weighted by Gasteiger charge is -2.46. The second kappa shape index (κ2) is 23.2. The summed E-state index contributed by atoms with van der Waals surface area (Å²) in [6, 6.07) is -0.468. The van der Waals surface area contributed by atoms with Gasteiger partial charge in [-0.2, -0.15) is 0 Å². The third kappa shape index (κ3) is 19.0. The lowest BCUT2D eigenvalue weighted by molar-refractivity contribution is -0.162. The van der Waals surface area contributed by atoms with Gasteiger partial charge in [-0.25, -0.2) is 33.6 Å². The molecule has 0 bridgehead atoms. The smallest absolute Gasteiger partial charge is 0.407 e. The van der Waals surface area contributed by atoms with Gasteiger partial charge in [-0.1, -0.05) is 53.7 Å². The minimum atomic E-state index is -1.53. The number of amides is 2. The van der Waals surface area contributed by atoms with Gasteiger partial charge < -0.3 is 48.5 Å². The molecule has 0 heterocycles. The Bertz CT molecular complexity index is 1450. The fourth-order valence-electron chi connectivity index (χ4n) is 6.02. The van der Waals surface area contributed by atoms with Crippen molar-refractivity contribution in [1.29, 1.82) is 0 Å². The lowest BCUT2D eigenvalue weighted by atomic mass is 9.62. The van der Waals surface area contributed by atoms with Crippen LogP contribution in [0.15, 0.2) is 63.3 Å². The first-order chi connectivity index (χ1) is 26.7. The molecular formula is C39H54N2O16. The Kier molecular flexibility index (Phi) is 20.0. The molecule has 2 unspecified atom stereocenters. The van der Waals surface area contributed by atoms with Gasteiger partial charge in [0.2, 0.25) is 0 Å². The zero-order valence-electron chi connectivity index (χ0n) is 33.0. The van der Waals surface area contributed by atoms with Gasteiger partial charge >= 0.3 is 48.0 Å². The first kappa shape index (κ1) is 49.1. The van der Waals surface area contributed by atoms with E-state index in [9.17, 15) is 38.4 Å². The molecule has 316 valence electrons. The van der Waals surface area contributed by atoms with Crippen LogP contribution in [0.25, 0.3) is 0 Å². The highest BCUT2D eigenvalue weighted by Crippen LogP contribution is 2.46. The van der Waals surface area contributed by atoms with Crippen LogP contribution in [0.5, 0.6) is 0 Å². The van der Waals surface area contributed by atoms with E-state index in [4.69, 9.17) is 37.9 Å². The monoisotopic (exact) mass is 806 g/mol. The summed E-state index contributed by atoms with van der Waals surface area (Å²) >= 11 is 0. The van der Waals surface area contributed by atoms with Crippen molar-refractivity contribution in [3.8, 4) is 0 Å². The normalized spacial score (nSPS) is 17.1. The van der Waals surface area contributed by atoms with E-state index in [1.54, 1.807) is 0 Å². The van der Waals surface area contributed by atoms with E-state index < -0.39 is 123 Å². The Morgan fingerprint density at radius 2 is 0.877 bits per heavy atom. The van der Waals surface area contributed by atoms with Gasteiger partial charge in [0, 0.05) is 49.9 Å². The highest BCUT2D eigenvalue weighted by molar-refractivity contribution is 5.83. The molecule has 0 aromatic carbocycles. The molecule has 0 aromatic rings. The van der Waals surface area contributed by atoms with Gasteiger partial charge in [-0.3, -0.25) is 4.79 Å². The molecule has 0 radical (unpaired) electrons. The fraction of sp³-hybridized carbons (Fsp3) is 0.538. The van der Waals surface area contributed by atoms with E-state index in [-0.39, 0.29) is 12.0 Å². The summed E-state index contributed by atoms with van der Waals surface area (Å²) in [5.41, 5.74) is -3.97. The number of hydrogen-bond acceptors (Lipinski definition) is 16. The van der Waals surface area contributed by atoms with E-state index >= 15 is 0 Å². The van der Waals surface area contributed by atoms with Crippen molar-refractivity contribution in [2.45, 2.75) is 53.0 Å². The summed E-state index contributed by atoms with van der Waals surface area (Å²) in [5.74, 6) is -4.83. The first-order valence-corrected chi connectivity index (χ1v) is 17.6. The molecule has 2 amide bonds. The second-order valence-corrected chi connectivity index (χ2v) is 14.7. The highest BCUT2D eigenvalue weighted by Gasteiger charge is 2.43. The van der Waals surface area contributed by atoms with Crippen molar-refractivity contribution in [3.05, 3.63) is 63.3 Å². The number of rotatable bonds is 24. The van der Waals surface area contributed by atoms with E-state index in [0.717, 1.165) is 37.3 Å². The van der Waals surface area contributed by atoms with Crippen LogP contribution in [0.2, 0.25) is 0 Å². The van der Waals surface area contributed by atoms with Crippen LogP contribution in [0.3, 0.4) is 0 Å². The van der Waals surface area contributed by atoms with Crippen LogP contribution in [0.4, 0.5) is 9.59 Å². The molecule has 1 aliphatic carbocycles. The first-order valence-electron chi connectivity index (χ1n) is 17.6. The van der Waals surface area contributed by atoms with Crippen molar-refractivity contribution < 1.29 is 76.3 Å². The van der Waals surface area contributed by atoms with E-state index in [1.165, 1.54) is 0 Å². The molecule has 1 saturated carbocycles. The zero-order chi connectivity index (χ0) is 43.3. The molecule has 0 spiro atoms. The number of nitrogens with one attached hydrogen (secondary N) is 2. The van der Waals surface area contributed by atoms with E-state index in [0.29, 0.717) is 19.3 Å². The number of esters is 6. The van der Waals surface area contributed by atoms with Crippen LogP contribution in [-0.4, -0.2) is 113 Å². The average molecular weight is 807 g/mol. The Morgan fingerprint density at radius 3 is 1.23 bits per heavy atom. The Labute approximate surface area is 331 Å².